The van der Waals surface area contributed by atoms with Gasteiger partial charge in [0.05, 0.1) is 0 Å². The van der Waals surface area contributed by atoms with Crippen molar-refractivity contribution in [2.45, 2.75) is 60.3 Å². The van der Waals surface area contributed by atoms with E-state index in [0.29, 0.717) is 17.8 Å². The Morgan fingerprint density at radius 3 is 2.33 bits per heavy atom. The monoisotopic (exact) mass is 213 g/mol. The van der Waals surface area contributed by atoms with Gasteiger partial charge >= 0.3 is 0 Å². The van der Waals surface area contributed by atoms with Crippen LogP contribution in [0, 0.1) is 11.3 Å². The minimum atomic E-state index is 0.206. The Kier molecular flexibility index (Phi) is 6.62. The Hall–Kier alpha value is -0.530. The number of hydrogen-bond acceptors (Lipinski definition) is 1. The number of amides is 1. The van der Waals surface area contributed by atoms with Crippen LogP contribution in [0.4, 0.5) is 0 Å². The average molecular weight is 213 g/mol. The third-order valence-corrected chi connectivity index (χ3v) is 2.37. The Balaban J connectivity index is 3.40. The molecule has 0 aromatic carbocycles. The van der Waals surface area contributed by atoms with Gasteiger partial charge in [-0.15, -0.1) is 0 Å². The minimum absolute atomic E-state index is 0.206. The van der Waals surface area contributed by atoms with Gasteiger partial charge in [-0.2, -0.15) is 0 Å². The molecule has 15 heavy (non-hydrogen) atoms. The van der Waals surface area contributed by atoms with Gasteiger partial charge in [-0.05, 0) is 30.6 Å². The molecule has 0 fully saturated rings. The summed E-state index contributed by atoms with van der Waals surface area (Å²) in [6.07, 6.45) is 3.91. The molecule has 0 saturated heterocycles. The summed E-state index contributed by atoms with van der Waals surface area (Å²) in [5.74, 6) is 0.822. The Morgan fingerprint density at radius 2 is 1.87 bits per heavy atom. The van der Waals surface area contributed by atoms with Crippen molar-refractivity contribution in [3.8, 4) is 0 Å². The van der Waals surface area contributed by atoms with Gasteiger partial charge in [0.25, 0.3) is 0 Å². The molecular formula is C13H27NO. The predicted molar refractivity (Wildman–Crippen MR) is 65.8 cm³/mol. The summed E-state index contributed by atoms with van der Waals surface area (Å²) in [5.41, 5.74) is 0.378. The number of hydrogen-bond donors (Lipinski definition) is 1. The summed E-state index contributed by atoms with van der Waals surface area (Å²) in [5, 5.41) is 2.97. The zero-order chi connectivity index (χ0) is 11.9. The normalized spacial score (nSPS) is 11.9. The largest absolute Gasteiger partial charge is 0.356 e. The van der Waals surface area contributed by atoms with Crippen molar-refractivity contribution in [3.05, 3.63) is 0 Å². The summed E-state index contributed by atoms with van der Waals surface area (Å²) < 4.78 is 0. The lowest BCUT2D eigenvalue weighted by molar-refractivity contribution is -0.121. The number of carbonyl (C=O) groups is 1. The number of rotatable bonds is 6. The van der Waals surface area contributed by atoms with Crippen LogP contribution in [-0.4, -0.2) is 12.5 Å². The van der Waals surface area contributed by atoms with Gasteiger partial charge in [0, 0.05) is 13.0 Å². The zero-order valence-electron chi connectivity index (χ0n) is 11.0. The van der Waals surface area contributed by atoms with Gasteiger partial charge in [-0.25, -0.2) is 0 Å². The molecule has 0 aliphatic carbocycles. The molecular weight excluding hydrogens is 186 g/mol. The van der Waals surface area contributed by atoms with E-state index in [1.807, 2.05) is 0 Å². The maximum absolute atomic E-state index is 11.4. The lowest BCUT2D eigenvalue weighted by Crippen LogP contribution is -2.25. The highest BCUT2D eigenvalue weighted by Gasteiger charge is 2.09. The average Bonchev–Trinajstić information content (AvgIpc) is 2.07. The van der Waals surface area contributed by atoms with Gasteiger partial charge in [0.2, 0.25) is 5.91 Å². The topological polar surface area (TPSA) is 29.1 Å². The lowest BCUT2D eigenvalue weighted by Gasteiger charge is -2.17. The maximum Gasteiger partial charge on any atom is 0.220 e. The van der Waals surface area contributed by atoms with E-state index in [0.717, 1.165) is 25.8 Å². The van der Waals surface area contributed by atoms with Crippen molar-refractivity contribution in [2.24, 2.45) is 11.3 Å². The minimum Gasteiger partial charge on any atom is -0.356 e. The molecule has 0 aliphatic rings. The van der Waals surface area contributed by atoms with Crippen molar-refractivity contribution >= 4 is 5.91 Å². The highest BCUT2D eigenvalue weighted by atomic mass is 16.1. The van der Waals surface area contributed by atoms with Crippen LogP contribution >= 0.6 is 0 Å². The van der Waals surface area contributed by atoms with Gasteiger partial charge in [0.1, 0.15) is 0 Å². The molecule has 0 aromatic heterocycles. The summed E-state index contributed by atoms with van der Waals surface area (Å²) >= 11 is 0. The molecule has 90 valence electrons. The third-order valence-electron chi connectivity index (χ3n) is 2.37. The predicted octanol–water partition coefficient (Wildman–Crippen LogP) is 3.37. The second kappa shape index (κ2) is 6.86. The van der Waals surface area contributed by atoms with Crippen LogP contribution in [0.1, 0.15) is 60.3 Å². The van der Waals surface area contributed by atoms with Crippen LogP contribution in [0.2, 0.25) is 0 Å². The lowest BCUT2D eigenvalue weighted by atomic mass is 9.91. The van der Waals surface area contributed by atoms with E-state index in [-0.39, 0.29) is 5.91 Å². The fourth-order valence-electron chi connectivity index (χ4n) is 1.35. The maximum atomic E-state index is 11.4. The van der Waals surface area contributed by atoms with E-state index in [9.17, 15) is 4.79 Å². The molecule has 2 heteroatoms. The van der Waals surface area contributed by atoms with Crippen LogP contribution in [0.3, 0.4) is 0 Å². The summed E-state index contributed by atoms with van der Waals surface area (Å²) in [6, 6.07) is 0. The summed E-state index contributed by atoms with van der Waals surface area (Å²) in [4.78, 5) is 11.4. The molecule has 0 unspecified atom stereocenters. The van der Waals surface area contributed by atoms with Crippen molar-refractivity contribution in [2.75, 3.05) is 6.54 Å². The second-order valence-electron chi connectivity index (χ2n) is 5.95. The van der Waals surface area contributed by atoms with E-state index >= 15 is 0 Å². The van der Waals surface area contributed by atoms with Crippen LogP contribution in [0.15, 0.2) is 0 Å². The molecule has 0 aliphatic heterocycles. The molecule has 0 atom stereocenters. The van der Waals surface area contributed by atoms with E-state index in [1.165, 1.54) is 0 Å². The summed E-state index contributed by atoms with van der Waals surface area (Å²) in [6.45, 7) is 11.8. The highest BCUT2D eigenvalue weighted by Crippen LogP contribution is 2.19. The zero-order valence-corrected chi connectivity index (χ0v) is 11.0. The van der Waals surface area contributed by atoms with Gasteiger partial charge in [0.15, 0.2) is 0 Å². The molecule has 1 N–H and O–H groups in total. The molecule has 0 aromatic rings. The molecule has 0 radical (unpaired) electrons. The van der Waals surface area contributed by atoms with E-state index in [4.69, 9.17) is 0 Å². The van der Waals surface area contributed by atoms with E-state index in [2.05, 4.69) is 39.9 Å². The fraction of sp³-hybridized carbons (Fsp3) is 0.923. The van der Waals surface area contributed by atoms with Crippen molar-refractivity contribution < 1.29 is 4.79 Å². The molecule has 0 spiro atoms. The van der Waals surface area contributed by atoms with E-state index in [1.54, 1.807) is 0 Å². The van der Waals surface area contributed by atoms with Crippen LogP contribution < -0.4 is 5.32 Å². The first-order valence-corrected chi connectivity index (χ1v) is 6.08. The number of nitrogens with one attached hydrogen (secondary N) is 1. The van der Waals surface area contributed by atoms with Crippen LogP contribution in [-0.2, 0) is 4.79 Å². The molecule has 0 saturated carbocycles. The third kappa shape index (κ3) is 11.4. The van der Waals surface area contributed by atoms with Gasteiger partial charge in [-0.1, -0.05) is 34.6 Å². The summed E-state index contributed by atoms with van der Waals surface area (Å²) in [7, 11) is 0. The molecule has 0 heterocycles. The molecule has 0 bridgehead atoms. The smallest absolute Gasteiger partial charge is 0.220 e. The van der Waals surface area contributed by atoms with Crippen molar-refractivity contribution in [1.29, 1.82) is 0 Å². The Morgan fingerprint density at radius 1 is 1.27 bits per heavy atom. The fourth-order valence-corrected chi connectivity index (χ4v) is 1.35. The standard InChI is InChI=1S/C13H27NO/c1-11(2)7-8-12(15)14-10-6-9-13(3,4)5/h11H,6-10H2,1-5H3,(H,14,15). The molecule has 2 nitrogen and oxygen atoms in total. The van der Waals surface area contributed by atoms with Gasteiger partial charge in [-0.3, -0.25) is 4.79 Å². The van der Waals surface area contributed by atoms with Crippen LogP contribution in [0.25, 0.3) is 0 Å². The highest BCUT2D eigenvalue weighted by molar-refractivity contribution is 5.75. The second-order valence-corrected chi connectivity index (χ2v) is 5.95. The van der Waals surface area contributed by atoms with Crippen LogP contribution in [0.5, 0.6) is 0 Å². The van der Waals surface area contributed by atoms with E-state index < -0.39 is 0 Å². The van der Waals surface area contributed by atoms with Crippen molar-refractivity contribution in [1.82, 2.24) is 5.32 Å². The first kappa shape index (κ1) is 14.5. The quantitative estimate of drug-likeness (QED) is 0.673. The van der Waals surface area contributed by atoms with Crippen molar-refractivity contribution in [3.63, 3.8) is 0 Å². The molecule has 1 amide bonds. The Labute approximate surface area is 94.8 Å². The SMILES string of the molecule is CC(C)CCC(=O)NCCCC(C)(C)C. The Bertz CT molecular complexity index is 179. The van der Waals surface area contributed by atoms with Gasteiger partial charge < -0.3 is 5.32 Å². The number of carbonyl (C=O) groups excluding carboxylic acids is 1. The molecule has 0 rings (SSSR count). The first-order chi connectivity index (χ1) is 6.81. The first-order valence-electron chi connectivity index (χ1n) is 6.08.